The van der Waals surface area contributed by atoms with Gasteiger partial charge in [-0.25, -0.2) is 0 Å². The van der Waals surface area contributed by atoms with Gasteiger partial charge in [0.05, 0.1) is 25.9 Å². The van der Waals surface area contributed by atoms with Crippen molar-refractivity contribution >= 4 is 6.08 Å². The Labute approximate surface area is 138 Å². The monoisotopic (exact) mass is 318 g/mol. The second kappa shape index (κ2) is 6.27. The van der Waals surface area contributed by atoms with Gasteiger partial charge in [0.1, 0.15) is 5.75 Å². The van der Waals surface area contributed by atoms with Crippen molar-refractivity contribution in [3.8, 4) is 5.75 Å². The van der Waals surface area contributed by atoms with E-state index in [2.05, 4.69) is 12.1 Å². The summed E-state index contributed by atoms with van der Waals surface area (Å²) in [6, 6.07) is 6.10. The summed E-state index contributed by atoms with van der Waals surface area (Å²) in [4.78, 5) is 0. The van der Waals surface area contributed by atoms with Crippen molar-refractivity contribution in [2.24, 2.45) is 0 Å². The molecule has 1 N–H and O–H groups in total. The number of hydrogen-bond acceptors (Lipinski definition) is 4. The molecule has 3 rings (SSSR count). The lowest BCUT2D eigenvalue weighted by Gasteiger charge is -2.41. The lowest BCUT2D eigenvalue weighted by atomic mass is 9.76. The Morgan fingerprint density at radius 1 is 1.17 bits per heavy atom. The molecule has 4 heteroatoms. The van der Waals surface area contributed by atoms with Gasteiger partial charge < -0.3 is 19.3 Å². The van der Waals surface area contributed by atoms with Gasteiger partial charge in [-0.1, -0.05) is 18.2 Å². The summed E-state index contributed by atoms with van der Waals surface area (Å²) < 4.78 is 16.9. The summed E-state index contributed by atoms with van der Waals surface area (Å²) in [6.07, 6.45) is 4.87. The Bertz CT molecular complexity index is 589. The van der Waals surface area contributed by atoms with Crippen molar-refractivity contribution in [2.75, 3.05) is 20.3 Å². The SMILES string of the molecule is COc1cc(/C=C(\C)C2(O)CCC3(CC2)OCCO3)ccc1C. The maximum absolute atomic E-state index is 11.0. The van der Waals surface area contributed by atoms with E-state index < -0.39 is 11.4 Å². The Balaban J connectivity index is 1.75. The van der Waals surface area contributed by atoms with Crippen molar-refractivity contribution in [2.45, 2.75) is 50.9 Å². The zero-order chi connectivity index (χ0) is 16.5. The van der Waals surface area contributed by atoms with E-state index in [1.165, 1.54) is 0 Å². The van der Waals surface area contributed by atoms with Gasteiger partial charge in [-0.05, 0) is 49.5 Å². The van der Waals surface area contributed by atoms with Crippen LogP contribution >= 0.6 is 0 Å². The average molecular weight is 318 g/mol. The van der Waals surface area contributed by atoms with E-state index >= 15 is 0 Å². The molecule has 0 bridgehead atoms. The molecular weight excluding hydrogens is 292 g/mol. The molecule has 1 aliphatic carbocycles. The molecule has 0 amide bonds. The molecule has 2 aliphatic rings. The molecule has 1 aromatic rings. The zero-order valence-electron chi connectivity index (χ0n) is 14.2. The van der Waals surface area contributed by atoms with Gasteiger partial charge in [-0.2, -0.15) is 0 Å². The quantitative estimate of drug-likeness (QED) is 0.927. The topological polar surface area (TPSA) is 47.9 Å². The molecule has 1 aromatic carbocycles. The first-order chi connectivity index (χ1) is 11.0. The maximum Gasteiger partial charge on any atom is 0.168 e. The van der Waals surface area contributed by atoms with Crippen LogP contribution in [0.25, 0.3) is 6.08 Å². The molecule has 126 valence electrons. The second-order valence-corrected chi connectivity index (χ2v) is 6.70. The van der Waals surface area contributed by atoms with E-state index in [4.69, 9.17) is 14.2 Å². The van der Waals surface area contributed by atoms with Gasteiger partial charge in [0, 0.05) is 12.8 Å². The minimum Gasteiger partial charge on any atom is -0.496 e. The molecule has 23 heavy (non-hydrogen) atoms. The Hall–Kier alpha value is -1.36. The van der Waals surface area contributed by atoms with Crippen LogP contribution in [0.2, 0.25) is 0 Å². The Morgan fingerprint density at radius 2 is 1.83 bits per heavy atom. The summed E-state index contributed by atoms with van der Waals surface area (Å²) >= 11 is 0. The van der Waals surface area contributed by atoms with Gasteiger partial charge in [0.2, 0.25) is 0 Å². The average Bonchev–Trinajstić information content (AvgIpc) is 3.01. The van der Waals surface area contributed by atoms with Gasteiger partial charge in [0.25, 0.3) is 0 Å². The summed E-state index contributed by atoms with van der Waals surface area (Å²) in [5.74, 6) is 0.424. The number of ether oxygens (including phenoxy) is 3. The lowest BCUT2D eigenvalue weighted by molar-refractivity contribution is -0.197. The predicted molar refractivity (Wildman–Crippen MR) is 89.4 cm³/mol. The van der Waals surface area contributed by atoms with Crippen LogP contribution in [0.4, 0.5) is 0 Å². The van der Waals surface area contributed by atoms with Crippen LogP contribution in [-0.4, -0.2) is 36.8 Å². The van der Waals surface area contributed by atoms with Crippen molar-refractivity contribution in [3.63, 3.8) is 0 Å². The molecule has 4 nitrogen and oxygen atoms in total. The van der Waals surface area contributed by atoms with Crippen LogP contribution in [0.5, 0.6) is 5.75 Å². The number of aliphatic hydroxyl groups is 1. The van der Waals surface area contributed by atoms with E-state index in [9.17, 15) is 5.11 Å². The van der Waals surface area contributed by atoms with E-state index in [1.54, 1.807) is 7.11 Å². The molecular formula is C19H26O4. The van der Waals surface area contributed by atoms with E-state index in [-0.39, 0.29) is 0 Å². The number of benzene rings is 1. The molecule has 1 aliphatic heterocycles. The highest BCUT2D eigenvalue weighted by Crippen LogP contribution is 2.43. The fourth-order valence-corrected chi connectivity index (χ4v) is 3.54. The van der Waals surface area contributed by atoms with Crippen molar-refractivity contribution < 1.29 is 19.3 Å². The zero-order valence-corrected chi connectivity index (χ0v) is 14.2. The summed E-state index contributed by atoms with van der Waals surface area (Å²) in [6.45, 7) is 5.35. The predicted octanol–water partition coefficient (Wildman–Crippen LogP) is 3.46. The largest absolute Gasteiger partial charge is 0.496 e. The van der Waals surface area contributed by atoms with Crippen LogP contribution < -0.4 is 4.74 Å². The highest BCUT2D eigenvalue weighted by Gasteiger charge is 2.46. The smallest absolute Gasteiger partial charge is 0.168 e. The normalized spacial score (nSPS) is 23.2. The fourth-order valence-electron chi connectivity index (χ4n) is 3.54. The van der Waals surface area contributed by atoms with Gasteiger partial charge >= 0.3 is 0 Å². The van der Waals surface area contributed by atoms with Crippen LogP contribution in [0.1, 0.15) is 43.7 Å². The van der Waals surface area contributed by atoms with Crippen LogP contribution in [0, 0.1) is 6.92 Å². The minimum absolute atomic E-state index is 0.445. The third kappa shape index (κ3) is 3.30. The molecule has 1 saturated heterocycles. The van der Waals surface area contributed by atoms with E-state index in [0.29, 0.717) is 26.1 Å². The molecule has 0 radical (unpaired) electrons. The first kappa shape index (κ1) is 16.5. The van der Waals surface area contributed by atoms with E-state index in [1.807, 2.05) is 26.0 Å². The number of rotatable bonds is 3. The van der Waals surface area contributed by atoms with Gasteiger partial charge in [0.15, 0.2) is 5.79 Å². The van der Waals surface area contributed by atoms with Crippen molar-refractivity contribution in [3.05, 3.63) is 34.9 Å². The third-order valence-electron chi connectivity index (χ3n) is 5.20. The van der Waals surface area contributed by atoms with Crippen LogP contribution in [0.15, 0.2) is 23.8 Å². The van der Waals surface area contributed by atoms with Gasteiger partial charge in [-0.15, -0.1) is 0 Å². The van der Waals surface area contributed by atoms with E-state index in [0.717, 1.165) is 35.3 Å². The highest BCUT2D eigenvalue weighted by molar-refractivity contribution is 5.57. The number of methoxy groups -OCH3 is 1. The first-order valence-electron chi connectivity index (χ1n) is 8.30. The summed E-state index contributed by atoms with van der Waals surface area (Å²) in [5, 5.41) is 11.0. The first-order valence-corrected chi connectivity index (χ1v) is 8.30. The second-order valence-electron chi connectivity index (χ2n) is 6.70. The molecule has 1 spiro atoms. The lowest BCUT2D eigenvalue weighted by Crippen LogP contribution is -2.44. The Morgan fingerprint density at radius 3 is 2.43 bits per heavy atom. The third-order valence-corrected chi connectivity index (χ3v) is 5.20. The molecule has 0 unspecified atom stereocenters. The minimum atomic E-state index is -0.779. The fraction of sp³-hybridized carbons (Fsp3) is 0.579. The Kier molecular flexibility index (Phi) is 4.50. The maximum atomic E-state index is 11.0. The number of hydrogen-bond donors (Lipinski definition) is 1. The highest BCUT2D eigenvalue weighted by atomic mass is 16.7. The van der Waals surface area contributed by atoms with Gasteiger partial charge in [-0.3, -0.25) is 0 Å². The number of aryl methyl sites for hydroxylation is 1. The summed E-state index contributed by atoms with van der Waals surface area (Å²) in [5.41, 5.74) is 2.36. The molecule has 0 atom stereocenters. The van der Waals surface area contributed by atoms with Crippen LogP contribution in [-0.2, 0) is 9.47 Å². The summed E-state index contributed by atoms with van der Waals surface area (Å²) in [7, 11) is 1.68. The molecule has 1 saturated carbocycles. The van der Waals surface area contributed by atoms with Crippen LogP contribution in [0.3, 0.4) is 0 Å². The standard InChI is InChI=1S/C19H26O4/c1-14-4-5-16(13-17(14)21-3)12-15(2)18(20)6-8-19(9-7-18)22-10-11-23-19/h4-5,12-13,20H,6-11H2,1-3H3/b15-12+. The molecule has 2 fully saturated rings. The molecule has 1 heterocycles. The van der Waals surface area contributed by atoms with Crippen molar-refractivity contribution in [1.82, 2.24) is 0 Å². The van der Waals surface area contributed by atoms with Crippen molar-refractivity contribution in [1.29, 1.82) is 0 Å². The molecule has 0 aromatic heterocycles.